The van der Waals surface area contributed by atoms with E-state index in [0.29, 0.717) is 6.61 Å². The molecule has 1 fully saturated rings. The fourth-order valence-electron chi connectivity index (χ4n) is 2.88. The molecule has 112 valence electrons. The third-order valence-corrected chi connectivity index (χ3v) is 4.34. The van der Waals surface area contributed by atoms with Gasteiger partial charge in [-0.15, -0.1) is 0 Å². The van der Waals surface area contributed by atoms with Gasteiger partial charge in [0.25, 0.3) is 0 Å². The standard InChI is InChI=1S/C18H28O2/c1-5-20-17(18(2,3)4)16(19)15-11-9-14(10-12-15)13-7-6-8-13/h9-13,16-17,19H,5-8H2,1-4H3. The zero-order valence-electron chi connectivity index (χ0n) is 13.2. The van der Waals surface area contributed by atoms with E-state index in [-0.39, 0.29) is 11.5 Å². The van der Waals surface area contributed by atoms with Crippen LogP contribution >= 0.6 is 0 Å². The average Bonchev–Trinajstić information content (AvgIpc) is 2.32. The average molecular weight is 276 g/mol. The smallest absolute Gasteiger partial charge is 0.106 e. The number of aliphatic hydroxyl groups excluding tert-OH is 1. The Bertz CT molecular complexity index is 412. The highest BCUT2D eigenvalue weighted by atomic mass is 16.5. The van der Waals surface area contributed by atoms with Crippen LogP contribution < -0.4 is 0 Å². The lowest BCUT2D eigenvalue weighted by Gasteiger charge is -2.34. The van der Waals surface area contributed by atoms with E-state index in [1.807, 2.05) is 6.92 Å². The first-order chi connectivity index (χ1) is 9.43. The second-order valence-corrected chi connectivity index (χ2v) is 6.98. The molecule has 2 heteroatoms. The molecule has 2 rings (SSSR count). The number of benzene rings is 1. The molecule has 2 atom stereocenters. The minimum atomic E-state index is -0.564. The molecule has 0 bridgehead atoms. The van der Waals surface area contributed by atoms with Crippen molar-refractivity contribution >= 4 is 0 Å². The van der Waals surface area contributed by atoms with Gasteiger partial charge in [-0.25, -0.2) is 0 Å². The number of hydrogen-bond donors (Lipinski definition) is 1. The summed E-state index contributed by atoms with van der Waals surface area (Å²) >= 11 is 0. The van der Waals surface area contributed by atoms with E-state index in [2.05, 4.69) is 45.0 Å². The summed E-state index contributed by atoms with van der Waals surface area (Å²) in [5.74, 6) is 0.742. The maximum absolute atomic E-state index is 10.6. The second kappa shape index (κ2) is 6.28. The van der Waals surface area contributed by atoms with Gasteiger partial charge in [0, 0.05) is 6.61 Å². The summed E-state index contributed by atoms with van der Waals surface area (Å²) in [5.41, 5.74) is 2.29. The van der Waals surface area contributed by atoms with Gasteiger partial charge in [0.15, 0.2) is 0 Å². The molecule has 1 aliphatic carbocycles. The second-order valence-electron chi connectivity index (χ2n) is 6.98. The van der Waals surface area contributed by atoms with Crippen molar-refractivity contribution in [1.82, 2.24) is 0 Å². The van der Waals surface area contributed by atoms with Crippen LogP contribution in [0.25, 0.3) is 0 Å². The third-order valence-electron chi connectivity index (χ3n) is 4.34. The van der Waals surface area contributed by atoms with Crippen molar-refractivity contribution in [3.05, 3.63) is 35.4 Å². The molecular weight excluding hydrogens is 248 g/mol. The Balaban J connectivity index is 2.11. The van der Waals surface area contributed by atoms with Gasteiger partial charge in [-0.1, -0.05) is 51.5 Å². The summed E-state index contributed by atoms with van der Waals surface area (Å²) in [4.78, 5) is 0. The molecule has 2 nitrogen and oxygen atoms in total. The van der Waals surface area contributed by atoms with Gasteiger partial charge in [-0.2, -0.15) is 0 Å². The Hall–Kier alpha value is -0.860. The van der Waals surface area contributed by atoms with Crippen LogP contribution in [0.2, 0.25) is 0 Å². The van der Waals surface area contributed by atoms with Gasteiger partial charge in [-0.05, 0) is 42.2 Å². The fraction of sp³-hybridized carbons (Fsp3) is 0.667. The molecule has 0 saturated heterocycles. The van der Waals surface area contributed by atoms with Crippen LogP contribution in [0.4, 0.5) is 0 Å². The van der Waals surface area contributed by atoms with Crippen molar-refractivity contribution in [3.63, 3.8) is 0 Å². The molecular formula is C18H28O2. The Kier molecular flexibility index (Phi) is 4.87. The molecule has 0 amide bonds. The van der Waals surface area contributed by atoms with E-state index in [9.17, 15) is 5.11 Å². The van der Waals surface area contributed by atoms with Crippen LogP contribution in [0.15, 0.2) is 24.3 Å². The first-order valence-corrected chi connectivity index (χ1v) is 7.83. The molecule has 0 spiro atoms. The molecule has 20 heavy (non-hydrogen) atoms. The maximum atomic E-state index is 10.6. The van der Waals surface area contributed by atoms with E-state index in [1.165, 1.54) is 24.8 Å². The highest BCUT2D eigenvalue weighted by Crippen LogP contribution is 2.37. The van der Waals surface area contributed by atoms with E-state index < -0.39 is 6.10 Å². The van der Waals surface area contributed by atoms with Gasteiger partial charge < -0.3 is 9.84 Å². The van der Waals surface area contributed by atoms with Crippen LogP contribution in [0.3, 0.4) is 0 Å². The normalized spacial score (nSPS) is 19.4. The maximum Gasteiger partial charge on any atom is 0.106 e. The minimum absolute atomic E-state index is 0.0813. The van der Waals surface area contributed by atoms with Crippen molar-refractivity contribution in [2.24, 2.45) is 5.41 Å². The first-order valence-electron chi connectivity index (χ1n) is 7.83. The highest BCUT2D eigenvalue weighted by Gasteiger charge is 2.32. The van der Waals surface area contributed by atoms with E-state index in [4.69, 9.17) is 4.74 Å². The first kappa shape index (κ1) is 15.5. The SMILES string of the molecule is CCOC(C(O)c1ccc(C2CCC2)cc1)C(C)(C)C. The van der Waals surface area contributed by atoms with Gasteiger partial charge >= 0.3 is 0 Å². The monoisotopic (exact) mass is 276 g/mol. The fourth-order valence-corrected chi connectivity index (χ4v) is 2.88. The van der Waals surface area contributed by atoms with Gasteiger partial charge in [0.2, 0.25) is 0 Å². The van der Waals surface area contributed by atoms with Crippen LogP contribution in [0.5, 0.6) is 0 Å². The van der Waals surface area contributed by atoms with Crippen LogP contribution in [-0.4, -0.2) is 17.8 Å². The number of hydrogen-bond acceptors (Lipinski definition) is 2. The number of rotatable bonds is 5. The van der Waals surface area contributed by atoms with E-state index >= 15 is 0 Å². The van der Waals surface area contributed by atoms with Crippen molar-refractivity contribution < 1.29 is 9.84 Å². The molecule has 0 aliphatic heterocycles. The lowest BCUT2D eigenvalue weighted by atomic mass is 9.79. The van der Waals surface area contributed by atoms with Crippen molar-refractivity contribution in [2.45, 2.75) is 65.1 Å². The zero-order chi connectivity index (χ0) is 14.8. The summed E-state index contributed by atoms with van der Waals surface area (Å²) in [6, 6.07) is 8.48. The van der Waals surface area contributed by atoms with Gasteiger partial charge in [0.05, 0.1) is 6.10 Å². The molecule has 1 saturated carbocycles. The molecule has 0 heterocycles. The Morgan fingerprint density at radius 2 is 1.80 bits per heavy atom. The Labute approximate surface area is 123 Å². The highest BCUT2D eigenvalue weighted by molar-refractivity contribution is 5.28. The van der Waals surface area contributed by atoms with E-state index in [1.54, 1.807) is 0 Å². The van der Waals surface area contributed by atoms with Crippen LogP contribution in [-0.2, 0) is 4.74 Å². The predicted molar refractivity (Wildman–Crippen MR) is 82.9 cm³/mol. The quantitative estimate of drug-likeness (QED) is 0.861. The van der Waals surface area contributed by atoms with Gasteiger partial charge in [-0.3, -0.25) is 0 Å². The van der Waals surface area contributed by atoms with Crippen LogP contribution in [0.1, 0.15) is 70.1 Å². The molecule has 1 aromatic rings. The lowest BCUT2D eigenvalue weighted by molar-refractivity contribution is -0.0898. The Morgan fingerprint density at radius 1 is 1.20 bits per heavy atom. The molecule has 0 radical (unpaired) electrons. The molecule has 2 unspecified atom stereocenters. The molecule has 1 aromatic carbocycles. The van der Waals surface area contributed by atoms with Crippen molar-refractivity contribution in [3.8, 4) is 0 Å². The number of ether oxygens (including phenoxy) is 1. The molecule has 1 aliphatic rings. The largest absolute Gasteiger partial charge is 0.386 e. The third kappa shape index (κ3) is 3.42. The summed E-state index contributed by atoms with van der Waals surface area (Å²) in [6.07, 6.45) is 3.23. The molecule has 1 N–H and O–H groups in total. The summed E-state index contributed by atoms with van der Waals surface area (Å²) in [5, 5.41) is 10.6. The summed E-state index contributed by atoms with van der Waals surface area (Å²) in [7, 11) is 0. The Morgan fingerprint density at radius 3 is 2.20 bits per heavy atom. The van der Waals surface area contributed by atoms with Gasteiger partial charge in [0.1, 0.15) is 6.10 Å². The lowest BCUT2D eigenvalue weighted by Crippen LogP contribution is -2.35. The van der Waals surface area contributed by atoms with E-state index in [0.717, 1.165) is 11.5 Å². The number of aliphatic hydroxyl groups is 1. The zero-order valence-corrected chi connectivity index (χ0v) is 13.2. The minimum Gasteiger partial charge on any atom is -0.386 e. The van der Waals surface area contributed by atoms with Crippen molar-refractivity contribution in [1.29, 1.82) is 0 Å². The summed E-state index contributed by atoms with van der Waals surface area (Å²) < 4.78 is 5.78. The topological polar surface area (TPSA) is 29.5 Å². The summed E-state index contributed by atoms with van der Waals surface area (Å²) in [6.45, 7) is 8.93. The van der Waals surface area contributed by atoms with Crippen molar-refractivity contribution in [2.75, 3.05) is 6.61 Å². The predicted octanol–water partition coefficient (Wildman–Crippen LogP) is 4.44. The van der Waals surface area contributed by atoms with Crippen LogP contribution in [0, 0.1) is 5.41 Å². The molecule has 0 aromatic heterocycles.